The molecular formula is C14H6BrClFNO2S. The SMILES string of the molecule is O=C(Cl)c1sc2c(ccc(=O)n2-c2ccc(F)cc2)c1Br. The Labute approximate surface area is 135 Å². The summed E-state index contributed by atoms with van der Waals surface area (Å²) in [4.78, 5) is 24.5. The zero-order valence-corrected chi connectivity index (χ0v) is 13.4. The van der Waals surface area contributed by atoms with Crippen LogP contribution in [0.5, 0.6) is 0 Å². The molecule has 0 aliphatic carbocycles. The summed E-state index contributed by atoms with van der Waals surface area (Å²) in [6, 6.07) is 8.58. The van der Waals surface area contributed by atoms with E-state index in [0.717, 1.165) is 11.3 Å². The van der Waals surface area contributed by atoms with E-state index in [0.29, 0.717) is 25.3 Å². The number of thiophene rings is 1. The average Bonchev–Trinajstić information content (AvgIpc) is 2.78. The molecule has 0 atom stereocenters. The standard InChI is InChI=1S/C14H6BrClFNO2S/c15-11-9-5-6-10(19)18(8-3-1-7(17)2-4-8)14(9)21-12(11)13(16)20/h1-6H. The van der Waals surface area contributed by atoms with Crippen molar-refractivity contribution in [3.05, 3.63) is 61.9 Å². The first-order valence-corrected chi connectivity index (χ1v) is 7.77. The zero-order valence-electron chi connectivity index (χ0n) is 10.3. The Morgan fingerprint density at radius 3 is 2.48 bits per heavy atom. The largest absolute Gasteiger partial charge is 0.275 e. The maximum atomic E-state index is 13.0. The van der Waals surface area contributed by atoms with Crippen LogP contribution in [0.25, 0.3) is 15.9 Å². The minimum absolute atomic E-state index is 0.267. The van der Waals surface area contributed by atoms with Gasteiger partial charge in [-0.2, -0.15) is 0 Å². The molecule has 3 aromatic rings. The molecule has 0 saturated carbocycles. The monoisotopic (exact) mass is 385 g/mol. The van der Waals surface area contributed by atoms with Crippen molar-refractivity contribution in [2.24, 2.45) is 0 Å². The molecule has 21 heavy (non-hydrogen) atoms. The number of fused-ring (bicyclic) bond motifs is 1. The first kappa shape index (κ1) is 14.4. The number of nitrogens with zero attached hydrogens (tertiary/aromatic N) is 1. The van der Waals surface area contributed by atoms with Gasteiger partial charge in [0.1, 0.15) is 15.5 Å². The lowest BCUT2D eigenvalue weighted by Gasteiger charge is -2.06. The average molecular weight is 387 g/mol. The molecule has 106 valence electrons. The van der Waals surface area contributed by atoms with Gasteiger partial charge in [0.05, 0.1) is 5.69 Å². The molecule has 0 spiro atoms. The van der Waals surface area contributed by atoms with Crippen molar-refractivity contribution < 1.29 is 9.18 Å². The molecule has 0 radical (unpaired) electrons. The molecule has 0 unspecified atom stereocenters. The van der Waals surface area contributed by atoms with E-state index in [2.05, 4.69) is 15.9 Å². The quantitative estimate of drug-likeness (QED) is 0.615. The molecule has 0 saturated heterocycles. The van der Waals surface area contributed by atoms with Gasteiger partial charge in [-0.25, -0.2) is 4.39 Å². The molecule has 2 aromatic heterocycles. The van der Waals surface area contributed by atoms with Crippen LogP contribution in [-0.2, 0) is 0 Å². The minimum Gasteiger partial charge on any atom is -0.275 e. The van der Waals surface area contributed by atoms with Gasteiger partial charge in [-0.3, -0.25) is 14.2 Å². The third kappa shape index (κ3) is 2.43. The Bertz CT molecular complexity index is 917. The molecule has 7 heteroatoms. The van der Waals surface area contributed by atoms with Crippen LogP contribution in [0.4, 0.5) is 4.39 Å². The van der Waals surface area contributed by atoms with E-state index < -0.39 is 5.24 Å². The van der Waals surface area contributed by atoms with E-state index in [1.165, 1.54) is 34.9 Å². The predicted octanol–water partition coefficient (Wildman–Crippen LogP) is 4.33. The van der Waals surface area contributed by atoms with Crippen LogP contribution in [0.1, 0.15) is 9.67 Å². The van der Waals surface area contributed by atoms with Crippen LogP contribution in [0.2, 0.25) is 0 Å². The fraction of sp³-hybridized carbons (Fsp3) is 0. The summed E-state index contributed by atoms with van der Waals surface area (Å²) >= 11 is 9.98. The van der Waals surface area contributed by atoms with E-state index in [-0.39, 0.29) is 11.4 Å². The van der Waals surface area contributed by atoms with E-state index in [1.807, 2.05) is 0 Å². The van der Waals surface area contributed by atoms with Crippen molar-refractivity contribution in [1.82, 2.24) is 4.57 Å². The van der Waals surface area contributed by atoms with Crippen LogP contribution in [0, 0.1) is 5.82 Å². The number of rotatable bonds is 2. The van der Waals surface area contributed by atoms with Gasteiger partial charge in [-0.1, -0.05) is 0 Å². The Morgan fingerprint density at radius 2 is 1.86 bits per heavy atom. The van der Waals surface area contributed by atoms with Crippen molar-refractivity contribution >= 4 is 54.3 Å². The highest BCUT2D eigenvalue weighted by atomic mass is 79.9. The van der Waals surface area contributed by atoms with Crippen molar-refractivity contribution in [2.45, 2.75) is 0 Å². The van der Waals surface area contributed by atoms with Crippen LogP contribution < -0.4 is 5.56 Å². The zero-order chi connectivity index (χ0) is 15.1. The van der Waals surface area contributed by atoms with E-state index in [1.54, 1.807) is 6.07 Å². The Kier molecular flexibility index (Phi) is 3.69. The number of halogens is 3. The summed E-state index contributed by atoms with van der Waals surface area (Å²) in [5.74, 6) is -0.386. The lowest BCUT2D eigenvalue weighted by Crippen LogP contribution is -2.16. The molecule has 3 nitrogen and oxygen atoms in total. The highest BCUT2D eigenvalue weighted by Crippen LogP contribution is 2.36. The topological polar surface area (TPSA) is 39.1 Å². The van der Waals surface area contributed by atoms with Crippen molar-refractivity contribution in [3.8, 4) is 5.69 Å². The van der Waals surface area contributed by atoms with Crippen LogP contribution in [-0.4, -0.2) is 9.81 Å². The molecule has 0 aliphatic heterocycles. The summed E-state index contributed by atoms with van der Waals surface area (Å²) in [5.41, 5.74) is 0.255. The Hall–Kier alpha value is -1.50. The fourth-order valence-electron chi connectivity index (χ4n) is 2.01. The van der Waals surface area contributed by atoms with Gasteiger partial charge in [-0.05, 0) is 57.9 Å². The minimum atomic E-state index is -0.596. The van der Waals surface area contributed by atoms with Gasteiger partial charge in [0.25, 0.3) is 10.8 Å². The third-order valence-corrected chi connectivity index (χ3v) is 5.52. The van der Waals surface area contributed by atoms with E-state index in [4.69, 9.17) is 11.6 Å². The summed E-state index contributed by atoms with van der Waals surface area (Å²) in [6.45, 7) is 0. The summed E-state index contributed by atoms with van der Waals surface area (Å²) < 4.78 is 15.0. The molecule has 1 aromatic carbocycles. The maximum Gasteiger partial charge on any atom is 0.263 e. The normalized spacial score (nSPS) is 11.0. The highest BCUT2D eigenvalue weighted by molar-refractivity contribution is 9.10. The van der Waals surface area contributed by atoms with Gasteiger partial charge in [0.15, 0.2) is 0 Å². The number of hydrogen-bond acceptors (Lipinski definition) is 3. The highest BCUT2D eigenvalue weighted by Gasteiger charge is 2.18. The molecular weight excluding hydrogens is 381 g/mol. The van der Waals surface area contributed by atoms with Gasteiger partial charge < -0.3 is 0 Å². The first-order valence-electron chi connectivity index (χ1n) is 5.79. The number of pyridine rings is 1. The number of hydrogen-bond donors (Lipinski definition) is 0. The number of carbonyl (C=O) groups excluding carboxylic acids is 1. The second kappa shape index (κ2) is 5.36. The maximum absolute atomic E-state index is 13.0. The second-order valence-corrected chi connectivity index (χ2v) is 6.36. The lowest BCUT2D eigenvalue weighted by molar-refractivity contribution is 0.108. The lowest BCUT2D eigenvalue weighted by atomic mass is 10.2. The predicted molar refractivity (Wildman–Crippen MR) is 85.3 cm³/mol. The number of aromatic nitrogens is 1. The van der Waals surface area contributed by atoms with Crippen LogP contribution in [0.15, 0.2) is 45.7 Å². The smallest absolute Gasteiger partial charge is 0.263 e. The molecule has 0 N–H and O–H groups in total. The van der Waals surface area contributed by atoms with Crippen molar-refractivity contribution in [2.75, 3.05) is 0 Å². The Balaban J connectivity index is 2.39. The molecule has 0 aliphatic rings. The summed E-state index contributed by atoms with van der Waals surface area (Å²) in [7, 11) is 0. The summed E-state index contributed by atoms with van der Waals surface area (Å²) in [6.07, 6.45) is 0. The van der Waals surface area contributed by atoms with Crippen LogP contribution in [0.3, 0.4) is 0 Å². The first-order chi connectivity index (χ1) is 9.99. The van der Waals surface area contributed by atoms with Gasteiger partial charge in [0.2, 0.25) is 0 Å². The van der Waals surface area contributed by atoms with Gasteiger partial charge in [-0.15, -0.1) is 11.3 Å². The van der Waals surface area contributed by atoms with Crippen molar-refractivity contribution in [1.29, 1.82) is 0 Å². The third-order valence-electron chi connectivity index (χ3n) is 2.94. The molecule has 0 fully saturated rings. The summed E-state index contributed by atoms with van der Waals surface area (Å²) in [5, 5.41) is 0.106. The number of carbonyl (C=O) groups is 1. The van der Waals surface area contributed by atoms with Crippen molar-refractivity contribution in [3.63, 3.8) is 0 Å². The molecule has 0 bridgehead atoms. The van der Waals surface area contributed by atoms with Gasteiger partial charge >= 0.3 is 0 Å². The van der Waals surface area contributed by atoms with E-state index in [9.17, 15) is 14.0 Å². The van der Waals surface area contributed by atoms with E-state index >= 15 is 0 Å². The van der Waals surface area contributed by atoms with Gasteiger partial charge in [0, 0.05) is 15.9 Å². The molecule has 0 amide bonds. The number of benzene rings is 1. The Morgan fingerprint density at radius 1 is 1.19 bits per heavy atom. The molecule has 2 heterocycles. The molecule has 3 rings (SSSR count). The fourth-order valence-corrected chi connectivity index (χ4v) is 4.25. The second-order valence-electron chi connectivity index (χ2n) is 4.22. The van der Waals surface area contributed by atoms with Crippen LogP contribution >= 0.6 is 38.9 Å².